The third kappa shape index (κ3) is 3.24. The number of halogens is 2. The summed E-state index contributed by atoms with van der Waals surface area (Å²) in [7, 11) is 0. The van der Waals surface area contributed by atoms with Crippen molar-refractivity contribution in [1.29, 1.82) is 0 Å². The molecule has 1 amide bonds. The number of amides is 1. The molecule has 0 radical (unpaired) electrons. The monoisotopic (exact) mass is 356 g/mol. The maximum absolute atomic E-state index is 13.2. The Kier molecular flexibility index (Phi) is 4.28. The van der Waals surface area contributed by atoms with Crippen LogP contribution in [0.4, 0.5) is 8.78 Å². The van der Waals surface area contributed by atoms with Gasteiger partial charge in [-0.15, -0.1) is 0 Å². The first kappa shape index (κ1) is 16.5. The van der Waals surface area contributed by atoms with E-state index >= 15 is 0 Å². The molecule has 0 aliphatic carbocycles. The Morgan fingerprint density at radius 1 is 1.15 bits per heavy atom. The number of nitrogens with one attached hydrogen (secondary N) is 2. The molecule has 5 nitrogen and oxygen atoms in total. The highest BCUT2D eigenvalue weighted by atomic mass is 19.1. The van der Waals surface area contributed by atoms with Crippen molar-refractivity contribution in [2.75, 3.05) is 13.1 Å². The first-order valence-electron chi connectivity index (χ1n) is 8.54. The summed E-state index contributed by atoms with van der Waals surface area (Å²) in [5.41, 5.74) is 2.66. The fourth-order valence-electron chi connectivity index (χ4n) is 3.39. The molecule has 2 aromatic heterocycles. The van der Waals surface area contributed by atoms with Crippen molar-refractivity contribution in [3.8, 4) is 11.4 Å². The summed E-state index contributed by atoms with van der Waals surface area (Å²) in [5.74, 6) is -0.655. The molecule has 134 valence electrons. The zero-order valence-electron chi connectivity index (χ0n) is 14.0. The SMILES string of the molecule is O=C(c1ccc(F)cc1)N1CCC[C@H](c2cc(-c3cc(F)c[nH]3)n[nH]2)C1. The average Bonchev–Trinajstić information content (AvgIpc) is 3.31. The van der Waals surface area contributed by atoms with Crippen LogP contribution in [-0.4, -0.2) is 39.1 Å². The van der Waals surface area contributed by atoms with E-state index in [1.807, 2.05) is 6.07 Å². The van der Waals surface area contributed by atoms with Crippen LogP contribution >= 0.6 is 0 Å². The highest BCUT2D eigenvalue weighted by molar-refractivity contribution is 5.94. The van der Waals surface area contributed by atoms with Gasteiger partial charge in [0.05, 0.1) is 5.69 Å². The van der Waals surface area contributed by atoms with Gasteiger partial charge in [-0.1, -0.05) is 0 Å². The topological polar surface area (TPSA) is 64.8 Å². The molecule has 1 fully saturated rings. The maximum Gasteiger partial charge on any atom is 0.253 e. The van der Waals surface area contributed by atoms with Gasteiger partial charge < -0.3 is 9.88 Å². The fourth-order valence-corrected chi connectivity index (χ4v) is 3.39. The molecule has 3 aromatic rings. The summed E-state index contributed by atoms with van der Waals surface area (Å²) in [4.78, 5) is 17.3. The van der Waals surface area contributed by atoms with Crippen molar-refractivity contribution < 1.29 is 13.6 Å². The average molecular weight is 356 g/mol. The third-order valence-corrected chi connectivity index (χ3v) is 4.76. The first-order chi connectivity index (χ1) is 12.6. The van der Waals surface area contributed by atoms with Crippen molar-refractivity contribution in [3.63, 3.8) is 0 Å². The highest BCUT2D eigenvalue weighted by Gasteiger charge is 2.27. The molecule has 7 heteroatoms. The largest absolute Gasteiger partial charge is 0.357 e. The normalized spacial score (nSPS) is 17.5. The second-order valence-corrected chi connectivity index (χ2v) is 6.54. The fraction of sp³-hybridized carbons (Fsp3) is 0.263. The Bertz CT molecular complexity index is 916. The molecule has 0 spiro atoms. The molecule has 3 heterocycles. The van der Waals surface area contributed by atoms with Crippen molar-refractivity contribution in [3.05, 3.63) is 65.5 Å². The summed E-state index contributed by atoms with van der Waals surface area (Å²) >= 11 is 0. The molecule has 0 bridgehead atoms. The van der Waals surface area contributed by atoms with Gasteiger partial charge in [0, 0.05) is 42.5 Å². The van der Waals surface area contributed by atoms with E-state index in [1.54, 1.807) is 4.90 Å². The van der Waals surface area contributed by atoms with Crippen LogP contribution in [-0.2, 0) is 0 Å². The number of aromatic amines is 2. The lowest BCUT2D eigenvalue weighted by atomic mass is 9.94. The molecular weight excluding hydrogens is 338 g/mol. The number of hydrogen-bond acceptors (Lipinski definition) is 2. The zero-order valence-corrected chi connectivity index (χ0v) is 14.0. The number of carbonyl (C=O) groups is 1. The van der Waals surface area contributed by atoms with Crippen LogP contribution in [0.1, 0.15) is 34.8 Å². The van der Waals surface area contributed by atoms with Crippen LogP contribution in [0.5, 0.6) is 0 Å². The van der Waals surface area contributed by atoms with Crippen LogP contribution < -0.4 is 0 Å². The summed E-state index contributed by atoms with van der Waals surface area (Å²) in [6.45, 7) is 1.24. The summed E-state index contributed by atoms with van der Waals surface area (Å²) in [6, 6.07) is 8.90. The minimum atomic E-state index is -0.358. The van der Waals surface area contributed by atoms with Crippen molar-refractivity contribution in [2.24, 2.45) is 0 Å². The Labute approximate surface area is 149 Å². The lowest BCUT2D eigenvalue weighted by molar-refractivity contribution is 0.0706. The van der Waals surface area contributed by atoms with Gasteiger partial charge in [0.15, 0.2) is 0 Å². The van der Waals surface area contributed by atoms with E-state index in [1.165, 1.54) is 36.5 Å². The first-order valence-corrected chi connectivity index (χ1v) is 8.54. The molecule has 1 aromatic carbocycles. The van der Waals surface area contributed by atoms with Gasteiger partial charge >= 0.3 is 0 Å². The van der Waals surface area contributed by atoms with Gasteiger partial charge in [-0.05, 0) is 43.2 Å². The van der Waals surface area contributed by atoms with Gasteiger partial charge in [-0.3, -0.25) is 9.89 Å². The molecule has 1 atom stereocenters. The van der Waals surface area contributed by atoms with Gasteiger partial charge in [0.25, 0.3) is 5.91 Å². The van der Waals surface area contributed by atoms with E-state index < -0.39 is 0 Å². The number of carbonyl (C=O) groups excluding carboxylic acids is 1. The molecule has 1 saturated heterocycles. The van der Waals surface area contributed by atoms with Crippen molar-refractivity contribution in [2.45, 2.75) is 18.8 Å². The Morgan fingerprint density at radius 3 is 2.69 bits per heavy atom. The van der Waals surface area contributed by atoms with E-state index in [-0.39, 0.29) is 23.5 Å². The lowest BCUT2D eigenvalue weighted by Crippen LogP contribution is -2.39. The van der Waals surface area contributed by atoms with E-state index in [2.05, 4.69) is 15.2 Å². The van der Waals surface area contributed by atoms with Crippen molar-refractivity contribution >= 4 is 5.91 Å². The third-order valence-electron chi connectivity index (χ3n) is 4.76. The molecule has 2 N–H and O–H groups in total. The van der Waals surface area contributed by atoms with Crippen LogP contribution in [0.15, 0.2) is 42.6 Å². The quantitative estimate of drug-likeness (QED) is 0.751. The summed E-state index contributed by atoms with van der Waals surface area (Å²) in [6.07, 6.45) is 3.10. The summed E-state index contributed by atoms with van der Waals surface area (Å²) in [5, 5.41) is 7.25. The number of likely N-dealkylation sites (tertiary alicyclic amines) is 1. The smallest absolute Gasteiger partial charge is 0.253 e. The Morgan fingerprint density at radius 2 is 1.96 bits per heavy atom. The van der Waals surface area contributed by atoms with E-state index in [4.69, 9.17) is 0 Å². The summed E-state index contributed by atoms with van der Waals surface area (Å²) < 4.78 is 26.2. The lowest BCUT2D eigenvalue weighted by Gasteiger charge is -2.32. The number of benzene rings is 1. The number of rotatable bonds is 3. The van der Waals surface area contributed by atoms with E-state index in [9.17, 15) is 13.6 Å². The van der Waals surface area contributed by atoms with Crippen molar-refractivity contribution in [1.82, 2.24) is 20.1 Å². The molecule has 0 saturated carbocycles. The molecule has 1 aliphatic heterocycles. The number of aromatic nitrogens is 3. The highest BCUT2D eigenvalue weighted by Crippen LogP contribution is 2.29. The van der Waals surface area contributed by atoms with Gasteiger partial charge in [0.2, 0.25) is 0 Å². The predicted molar refractivity (Wildman–Crippen MR) is 92.6 cm³/mol. The standard InChI is InChI=1S/C19H18F2N4O/c20-14-5-3-12(4-6-14)19(26)25-7-1-2-13(11-25)16-9-18(24-23-16)17-8-15(21)10-22-17/h3-6,8-10,13,22H,1-2,7,11H2,(H,23,24)/t13-/m0/s1. The van der Waals surface area contributed by atoms with Crippen LogP contribution in [0, 0.1) is 11.6 Å². The second kappa shape index (κ2) is 6.74. The molecule has 1 aliphatic rings. The number of hydrogen-bond donors (Lipinski definition) is 2. The van der Waals surface area contributed by atoms with Gasteiger partial charge in [0.1, 0.15) is 17.3 Å². The number of H-pyrrole nitrogens is 2. The predicted octanol–water partition coefficient (Wildman–Crippen LogP) is 3.70. The minimum Gasteiger partial charge on any atom is -0.357 e. The Balaban J connectivity index is 1.49. The molecule has 0 unspecified atom stereocenters. The van der Waals surface area contributed by atoms with Crippen LogP contribution in [0.2, 0.25) is 0 Å². The zero-order chi connectivity index (χ0) is 18.1. The molecular formula is C19H18F2N4O. The van der Waals surface area contributed by atoms with E-state index in [0.29, 0.717) is 30.0 Å². The minimum absolute atomic E-state index is 0.0964. The van der Waals surface area contributed by atoms with E-state index in [0.717, 1.165) is 18.5 Å². The second-order valence-electron chi connectivity index (χ2n) is 6.54. The van der Waals surface area contributed by atoms with Gasteiger partial charge in [-0.25, -0.2) is 8.78 Å². The molecule has 26 heavy (non-hydrogen) atoms. The number of piperidine rings is 1. The van der Waals surface area contributed by atoms with Crippen LogP contribution in [0.3, 0.4) is 0 Å². The number of nitrogens with zero attached hydrogens (tertiary/aromatic N) is 2. The van der Waals surface area contributed by atoms with Gasteiger partial charge in [-0.2, -0.15) is 5.10 Å². The van der Waals surface area contributed by atoms with Crippen LogP contribution in [0.25, 0.3) is 11.4 Å². The maximum atomic E-state index is 13.2. The Hall–Kier alpha value is -2.96. The molecule has 4 rings (SSSR count).